The molecule has 0 spiro atoms. The molecule has 1 heterocycles. The van der Waals surface area contributed by atoms with Crippen LogP contribution in [0.2, 0.25) is 0 Å². The zero-order valence-corrected chi connectivity index (χ0v) is 21.8. The van der Waals surface area contributed by atoms with Crippen LogP contribution in [0.4, 0.5) is 0 Å². The smallest absolute Gasteiger partial charge is 0.399 e. The molecule has 0 atom stereocenters. The van der Waals surface area contributed by atoms with Crippen LogP contribution < -0.4 is 5.46 Å². The van der Waals surface area contributed by atoms with Gasteiger partial charge in [0.2, 0.25) is 0 Å². The van der Waals surface area contributed by atoms with Crippen molar-refractivity contribution in [1.82, 2.24) is 0 Å². The zero-order valence-electron chi connectivity index (χ0n) is 20.2. The highest BCUT2D eigenvalue weighted by molar-refractivity contribution is 9.10. The first-order valence-corrected chi connectivity index (χ1v) is 11.6. The standard InChI is InChI=1S/C26H36BBrO2/c1-23(2,3)19-11-17(12-20(15-19)24(4,5)6)18-13-21(16-22(28)14-18)27-29-25(7,8)26(9,10)30-27/h11-16H,1-10H3. The Hall–Kier alpha value is -1.10. The SMILES string of the molecule is CC(C)(C)c1cc(-c2cc(Br)cc(B3OC(C)(C)C(C)(C)O3)c2)cc(C(C)(C)C)c1. The number of hydrogen-bond acceptors (Lipinski definition) is 2. The Morgan fingerprint density at radius 3 is 1.53 bits per heavy atom. The molecule has 0 aliphatic carbocycles. The summed E-state index contributed by atoms with van der Waals surface area (Å²) >= 11 is 3.72. The molecule has 1 aliphatic rings. The molecule has 0 N–H and O–H groups in total. The molecule has 1 aliphatic heterocycles. The normalized spacial score (nSPS) is 18.7. The van der Waals surface area contributed by atoms with E-state index in [4.69, 9.17) is 9.31 Å². The molecule has 0 unspecified atom stereocenters. The molecule has 0 bridgehead atoms. The Bertz CT molecular complexity index is 900. The molecule has 30 heavy (non-hydrogen) atoms. The summed E-state index contributed by atoms with van der Waals surface area (Å²) in [6, 6.07) is 13.5. The minimum atomic E-state index is -0.376. The lowest BCUT2D eigenvalue weighted by Gasteiger charge is -2.32. The van der Waals surface area contributed by atoms with Crippen molar-refractivity contribution in [2.45, 2.75) is 91.3 Å². The van der Waals surface area contributed by atoms with Gasteiger partial charge < -0.3 is 9.31 Å². The Labute approximate surface area is 192 Å². The van der Waals surface area contributed by atoms with Crippen molar-refractivity contribution in [1.29, 1.82) is 0 Å². The second-order valence-electron chi connectivity index (χ2n) is 11.7. The minimum absolute atomic E-state index is 0.0799. The van der Waals surface area contributed by atoms with Crippen LogP contribution >= 0.6 is 15.9 Å². The van der Waals surface area contributed by atoms with Gasteiger partial charge in [-0.1, -0.05) is 81.7 Å². The van der Waals surface area contributed by atoms with Crippen molar-refractivity contribution < 1.29 is 9.31 Å². The molecule has 2 aromatic carbocycles. The van der Waals surface area contributed by atoms with E-state index < -0.39 is 0 Å². The van der Waals surface area contributed by atoms with Gasteiger partial charge in [-0.3, -0.25) is 0 Å². The predicted molar refractivity (Wildman–Crippen MR) is 133 cm³/mol. The topological polar surface area (TPSA) is 18.5 Å². The molecule has 2 aromatic rings. The first-order chi connectivity index (χ1) is 13.5. The summed E-state index contributed by atoms with van der Waals surface area (Å²) < 4.78 is 13.6. The lowest BCUT2D eigenvalue weighted by atomic mass is 9.76. The fraction of sp³-hybridized carbons (Fsp3) is 0.538. The summed E-state index contributed by atoms with van der Waals surface area (Å²) in [5, 5.41) is 0. The average molecular weight is 471 g/mol. The van der Waals surface area contributed by atoms with Crippen LogP contribution in [0, 0.1) is 0 Å². The lowest BCUT2D eigenvalue weighted by Crippen LogP contribution is -2.41. The van der Waals surface area contributed by atoms with Crippen molar-refractivity contribution >= 4 is 28.5 Å². The first kappa shape index (κ1) is 23.6. The molecule has 0 radical (unpaired) electrons. The van der Waals surface area contributed by atoms with Crippen LogP contribution in [-0.4, -0.2) is 18.3 Å². The summed E-state index contributed by atoms with van der Waals surface area (Å²) in [4.78, 5) is 0. The third-order valence-electron chi connectivity index (χ3n) is 6.44. The Balaban J connectivity index is 2.11. The Kier molecular flexibility index (Phi) is 5.89. The molecule has 162 valence electrons. The van der Waals surface area contributed by atoms with E-state index in [1.165, 1.54) is 22.3 Å². The fourth-order valence-electron chi connectivity index (χ4n) is 3.55. The fourth-order valence-corrected chi connectivity index (χ4v) is 4.07. The van der Waals surface area contributed by atoms with Crippen molar-refractivity contribution in [3.05, 3.63) is 52.0 Å². The second kappa shape index (κ2) is 7.50. The maximum absolute atomic E-state index is 6.31. The molecule has 4 heteroatoms. The lowest BCUT2D eigenvalue weighted by molar-refractivity contribution is 0.00578. The highest BCUT2D eigenvalue weighted by Gasteiger charge is 2.51. The number of hydrogen-bond donors (Lipinski definition) is 0. The number of halogens is 1. The summed E-state index contributed by atoms with van der Waals surface area (Å²) in [7, 11) is -0.376. The van der Waals surface area contributed by atoms with Gasteiger partial charge in [-0.15, -0.1) is 0 Å². The minimum Gasteiger partial charge on any atom is -0.399 e. The van der Waals surface area contributed by atoms with Crippen LogP contribution in [0.5, 0.6) is 0 Å². The molecule has 1 saturated heterocycles. The van der Waals surface area contributed by atoms with E-state index in [-0.39, 0.29) is 29.2 Å². The Morgan fingerprint density at radius 2 is 1.10 bits per heavy atom. The van der Waals surface area contributed by atoms with Gasteiger partial charge in [-0.25, -0.2) is 0 Å². The van der Waals surface area contributed by atoms with Gasteiger partial charge in [0.1, 0.15) is 0 Å². The number of rotatable bonds is 2. The zero-order chi connectivity index (χ0) is 22.7. The summed E-state index contributed by atoms with van der Waals surface area (Å²) in [6.07, 6.45) is 0. The Morgan fingerprint density at radius 1 is 0.667 bits per heavy atom. The van der Waals surface area contributed by atoms with Gasteiger partial charge in [0.15, 0.2) is 0 Å². The average Bonchev–Trinajstić information content (AvgIpc) is 2.80. The maximum Gasteiger partial charge on any atom is 0.494 e. The van der Waals surface area contributed by atoms with Crippen molar-refractivity contribution in [3.63, 3.8) is 0 Å². The largest absolute Gasteiger partial charge is 0.494 e. The quantitative estimate of drug-likeness (QED) is 0.439. The van der Waals surface area contributed by atoms with E-state index in [1.54, 1.807) is 0 Å². The van der Waals surface area contributed by atoms with Crippen molar-refractivity contribution in [3.8, 4) is 11.1 Å². The predicted octanol–water partition coefficient (Wildman–Crippen LogP) is 7.01. The van der Waals surface area contributed by atoms with Crippen LogP contribution in [-0.2, 0) is 20.1 Å². The molecule has 2 nitrogen and oxygen atoms in total. The van der Waals surface area contributed by atoms with E-state index in [9.17, 15) is 0 Å². The number of benzene rings is 2. The molecule has 3 rings (SSSR count). The second-order valence-corrected chi connectivity index (χ2v) is 12.6. The van der Waals surface area contributed by atoms with E-state index in [2.05, 4.69) is 122 Å². The highest BCUT2D eigenvalue weighted by atomic mass is 79.9. The van der Waals surface area contributed by atoms with Gasteiger partial charge in [-0.05, 0) is 78.4 Å². The van der Waals surface area contributed by atoms with Crippen LogP contribution in [0.15, 0.2) is 40.9 Å². The van der Waals surface area contributed by atoms with Gasteiger partial charge in [0.05, 0.1) is 11.2 Å². The van der Waals surface area contributed by atoms with E-state index >= 15 is 0 Å². The van der Waals surface area contributed by atoms with Crippen molar-refractivity contribution in [2.24, 2.45) is 0 Å². The van der Waals surface area contributed by atoms with Crippen LogP contribution in [0.25, 0.3) is 11.1 Å². The summed E-state index contributed by atoms with van der Waals surface area (Å²) in [6.45, 7) is 22.0. The van der Waals surface area contributed by atoms with Gasteiger partial charge in [0.25, 0.3) is 0 Å². The molecule has 1 fully saturated rings. The third-order valence-corrected chi connectivity index (χ3v) is 6.90. The highest BCUT2D eigenvalue weighted by Crippen LogP contribution is 2.38. The van der Waals surface area contributed by atoms with E-state index in [0.29, 0.717) is 0 Å². The third kappa shape index (κ3) is 4.71. The molecule has 0 aromatic heterocycles. The van der Waals surface area contributed by atoms with Crippen LogP contribution in [0.1, 0.15) is 80.4 Å². The molecule has 0 amide bonds. The van der Waals surface area contributed by atoms with Gasteiger partial charge in [0, 0.05) is 4.47 Å². The molecular formula is C26H36BBrO2. The monoisotopic (exact) mass is 470 g/mol. The van der Waals surface area contributed by atoms with E-state index in [0.717, 1.165) is 9.94 Å². The van der Waals surface area contributed by atoms with Crippen LogP contribution in [0.3, 0.4) is 0 Å². The van der Waals surface area contributed by atoms with Gasteiger partial charge >= 0.3 is 7.12 Å². The molecule has 0 saturated carbocycles. The van der Waals surface area contributed by atoms with E-state index in [1.807, 2.05) is 0 Å². The summed E-state index contributed by atoms with van der Waals surface area (Å²) in [5.41, 5.74) is 5.59. The molecular weight excluding hydrogens is 435 g/mol. The van der Waals surface area contributed by atoms with Crippen molar-refractivity contribution in [2.75, 3.05) is 0 Å². The first-order valence-electron chi connectivity index (χ1n) is 10.8. The maximum atomic E-state index is 6.31. The van der Waals surface area contributed by atoms with Gasteiger partial charge in [-0.2, -0.15) is 0 Å². The summed E-state index contributed by atoms with van der Waals surface area (Å²) in [5.74, 6) is 0.